The maximum Gasteiger partial charge on any atom is 0.231 e. The molecule has 0 aliphatic rings. The van der Waals surface area contributed by atoms with Crippen molar-refractivity contribution in [2.45, 2.75) is 21.3 Å². The molecule has 0 amide bonds. The van der Waals surface area contributed by atoms with Gasteiger partial charge in [0.2, 0.25) is 12.2 Å². The molecule has 4 heteroatoms. The zero-order chi connectivity index (χ0) is 15.4. The maximum absolute atomic E-state index is 8.35. The molecule has 2 rings (SSSR count). The van der Waals surface area contributed by atoms with Crippen molar-refractivity contribution in [3.8, 4) is 11.1 Å². The van der Waals surface area contributed by atoms with E-state index in [0.29, 0.717) is 0 Å². The van der Waals surface area contributed by atoms with E-state index in [4.69, 9.17) is 20.4 Å². The summed E-state index contributed by atoms with van der Waals surface area (Å²) in [7, 11) is 0. The molecule has 0 radical (unpaired) electrons. The summed E-state index contributed by atoms with van der Waals surface area (Å²) in [6.45, 7) is 4.31. The second-order valence-corrected chi connectivity index (χ2v) is 3.83. The van der Waals surface area contributed by atoms with E-state index >= 15 is 0 Å². The van der Waals surface area contributed by atoms with E-state index in [-0.39, 0.29) is 7.43 Å². The monoisotopic (exact) mass is 284 g/mol. The molecule has 21 heavy (non-hydrogen) atoms. The highest BCUT2D eigenvalue weighted by Gasteiger charge is 2.02. The lowest BCUT2D eigenvalue weighted by atomic mass is 9.97. The van der Waals surface area contributed by atoms with Crippen molar-refractivity contribution >= 4 is 12.2 Å². The highest BCUT2D eigenvalue weighted by atomic mass is 16.1. The van der Waals surface area contributed by atoms with Gasteiger partial charge in [0.05, 0.1) is 0 Å². The van der Waals surface area contributed by atoms with E-state index in [2.05, 4.69) is 62.4 Å². The third kappa shape index (κ3) is 7.38. The van der Waals surface area contributed by atoms with Gasteiger partial charge in [-0.25, -0.2) is 20.4 Å². The van der Waals surface area contributed by atoms with Crippen LogP contribution in [-0.4, -0.2) is 12.2 Å². The van der Waals surface area contributed by atoms with Gasteiger partial charge in [-0.15, -0.1) is 0 Å². The van der Waals surface area contributed by atoms with Crippen LogP contribution in [-0.2, 0) is 9.59 Å². The third-order valence-corrected chi connectivity index (χ3v) is 2.58. The van der Waals surface area contributed by atoms with Crippen LogP contribution >= 0.6 is 0 Å². The highest BCUT2D eigenvalue weighted by Crippen LogP contribution is 2.25. The van der Waals surface area contributed by atoms with Crippen molar-refractivity contribution in [2.75, 3.05) is 0 Å². The number of rotatable bonds is 1. The van der Waals surface area contributed by atoms with Gasteiger partial charge in [0.25, 0.3) is 0 Å². The molecule has 0 aliphatic carbocycles. The lowest BCUT2D eigenvalue weighted by molar-refractivity contribution is 0.562. The number of aryl methyl sites for hydroxylation is 2. The molecule has 2 N–H and O–H groups in total. The van der Waals surface area contributed by atoms with Crippen LogP contribution in [0, 0.1) is 24.7 Å². The SMILES string of the molecule is C.Cc1ccccc1-c1ccccc1C.N=C=O.N=C=O. The molecule has 0 unspecified atom stereocenters. The number of carbonyl (C=O) groups excluding carboxylic acids is 2. The van der Waals surface area contributed by atoms with Crippen molar-refractivity contribution in [1.29, 1.82) is 10.8 Å². The minimum atomic E-state index is 0. The van der Waals surface area contributed by atoms with E-state index in [1.54, 1.807) is 0 Å². The largest absolute Gasteiger partial charge is 0.231 e. The summed E-state index contributed by atoms with van der Waals surface area (Å²) in [5.41, 5.74) is 5.35. The Bertz CT molecular complexity index is 554. The van der Waals surface area contributed by atoms with E-state index in [9.17, 15) is 0 Å². The summed E-state index contributed by atoms with van der Waals surface area (Å²) < 4.78 is 0. The zero-order valence-electron chi connectivity index (χ0n) is 11.4. The van der Waals surface area contributed by atoms with Gasteiger partial charge >= 0.3 is 0 Å². The molecule has 2 aromatic carbocycles. The molecule has 0 atom stereocenters. The van der Waals surface area contributed by atoms with Gasteiger partial charge in [-0.3, -0.25) is 0 Å². The Morgan fingerprint density at radius 1 is 0.714 bits per heavy atom. The Labute approximate surface area is 125 Å². The molecule has 0 aliphatic heterocycles. The lowest BCUT2D eigenvalue weighted by Crippen LogP contribution is -1.85. The van der Waals surface area contributed by atoms with E-state index < -0.39 is 0 Å². The fraction of sp³-hybridized carbons (Fsp3) is 0.176. The summed E-state index contributed by atoms with van der Waals surface area (Å²) in [5.74, 6) is 0. The number of benzene rings is 2. The van der Waals surface area contributed by atoms with E-state index in [0.717, 1.165) is 12.2 Å². The van der Waals surface area contributed by atoms with Crippen molar-refractivity contribution in [1.82, 2.24) is 0 Å². The minimum absolute atomic E-state index is 0. The van der Waals surface area contributed by atoms with Crippen LogP contribution < -0.4 is 0 Å². The Kier molecular flexibility index (Phi) is 12.0. The van der Waals surface area contributed by atoms with Gasteiger partial charge < -0.3 is 0 Å². The maximum atomic E-state index is 8.35. The quantitative estimate of drug-likeness (QED) is 0.600. The molecule has 0 saturated carbocycles. The first-order valence-corrected chi connectivity index (χ1v) is 5.81. The van der Waals surface area contributed by atoms with Crippen LogP contribution in [0.4, 0.5) is 0 Å². The Morgan fingerprint density at radius 2 is 0.952 bits per heavy atom. The fourth-order valence-electron chi connectivity index (χ4n) is 1.75. The van der Waals surface area contributed by atoms with Gasteiger partial charge in [-0.05, 0) is 36.1 Å². The molecule has 0 spiro atoms. The summed E-state index contributed by atoms with van der Waals surface area (Å²) >= 11 is 0. The van der Waals surface area contributed by atoms with Crippen LogP contribution in [0.2, 0.25) is 0 Å². The number of isocyanates is 2. The van der Waals surface area contributed by atoms with Crippen molar-refractivity contribution in [3.05, 3.63) is 59.7 Å². The van der Waals surface area contributed by atoms with Crippen LogP contribution in [0.3, 0.4) is 0 Å². The van der Waals surface area contributed by atoms with Gasteiger partial charge in [0.15, 0.2) is 0 Å². The minimum Gasteiger partial charge on any atom is -0.222 e. The Balaban J connectivity index is 0. The van der Waals surface area contributed by atoms with Crippen LogP contribution in [0.25, 0.3) is 11.1 Å². The molecule has 0 fully saturated rings. The van der Waals surface area contributed by atoms with Gasteiger partial charge in [-0.2, -0.15) is 0 Å². The first-order chi connectivity index (χ1) is 9.62. The lowest BCUT2D eigenvalue weighted by Gasteiger charge is -2.08. The van der Waals surface area contributed by atoms with Gasteiger partial charge in [0.1, 0.15) is 0 Å². The van der Waals surface area contributed by atoms with Crippen LogP contribution in [0.5, 0.6) is 0 Å². The molecular weight excluding hydrogens is 264 g/mol. The predicted octanol–water partition coefficient (Wildman–Crippen LogP) is 4.41. The summed E-state index contributed by atoms with van der Waals surface area (Å²) in [4.78, 5) is 16.7. The zero-order valence-corrected chi connectivity index (χ0v) is 11.4. The summed E-state index contributed by atoms with van der Waals surface area (Å²) in [6, 6.07) is 17.0. The second kappa shape index (κ2) is 12.2. The molecule has 4 nitrogen and oxygen atoms in total. The topological polar surface area (TPSA) is 81.8 Å². The highest BCUT2D eigenvalue weighted by molar-refractivity contribution is 5.70. The normalized spacial score (nSPS) is 7.52. The van der Waals surface area contributed by atoms with E-state index in [1.165, 1.54) is 22.3 Å². The van der Waals surface area contributed by atoms with Crippen LogP contribution in [0.1, 0.15) is 18.6 Å². The number of nitrogens with one attached hydrogen (secondary N) is 2. The number of hydrogen-bond acceptors (Lipinski definition) is 4. The second-order valence-electron chi connectivity index (χ2n) is 3.83. The first kappa shape index (κ1) is 20.5. The van der Waals surface area contributed by atoms with Crippen molar-refractivity contribution in [2.24, 2.45) is 0 Å². The fourth-order valence-corrected chi connectivity index (χ4v) is 1.75. The van der Waals surface area contributed by atoms with E-state index in [1.807, 2.05) is 0 Å². The van der Waals surface area contributed by atoms with Gasteiger partial charge in [-0.1, -0.05) is 56.0 Å². The molecule has 0 saturated heterocycles. The number of hydrogen-bond donors (Lipinski definition) is 2. The summed E-state index contributed by atoms with van der Waals surface area (Å²) in [6.07, 6.45) is 1.50. The standard InChI is InChI=1S/C14H14.2CHNO.CH4/c1-11-7-3-5-9-13(11)14-10-6-4-8-12(14)2;2*2-1-3;/h3-10H,1-2H3;2*2H;1H4. The first-order valence-electron chi connectivity index (χ1n) is 5.81. The smallest absolute Gasteiger partial charge is 0.222 e. The van der Waals surface area contributed by atoms with Gasteiger partial charge in [0, 0.05) is 0 Å². The van der Waals surface area contributed by atoms with Crippen LogP contribution in [0.15, 0.2) is 48.5 Å². The summed E-state index contributed by atoms with van der Waals surface area (Å²) in [5, 5.41) is 10.8. The van der Waals surface area contributed by atoms with Crippen molar-refractivity contribution < 1.29 is 9.59 Å². The van der Waals surface area contributed by atoms with Crippen molar-refractivity contribution in [3.63, 3.8) is 0 Å². The molecular formula is C17H20N2O2. The molecule has 0 aromatic heterocycles. The molecule has 2 aromatic rings. The average Bonchev–Trinajstić information content (AvgIpc) is 2.42. The molecule has 0 bridgehead atoms. The Hall–Kier alpha value is -2.80. The Morgan fingerprint density at radius 3 is 1.19 bits per heavy atom. The molecule has 110 valence electrons. The average molecular weight is 284 g/mol. The third-order valence-electron chi connectivity index (χ3n) is 2.58. The predicted molar refractivity (Wildman–Crippen MR) is 84.9 cm³/mol. The molecule has 0 heterocycles.